The van der Waals surface area contributed by atoms with Crippen molar-refractivity contribution >= 4 is 9.12 Å². The average molecular weight is 202 g/mol. The van der Waals surface area contributed by atoms with Gasteiger partial charge in [0.05, 0.1) is 0 Å². The van der Waals surface area contributed by atoms with Gasteiger partial charge in [0.2, 0.25) is 0 Å². The lowest BCUT2D eigenvalue weighted by molar-refractivity contribution is 0.440. The number of hydrogen-bond acceptors (Lipinski definition) is 2. The summed E-state index contributed by atoms with van der Waals surface area (Å²) >= 11 is 0. The van der Waals surface area contributed by atoms with Gasteiger partial charge in [0.15, 0.2) is 9.12 Å². The lowest BCUT2D eigenvalue weighted by Gasteiger charge is -2.36. The van der Waals surface area contributed by atoms with Crippen LogP contribution in [-0.4, -0.2) is 46.4 Å². The first-order valence-corrected chi connectivity index (χ1v) is 6.94. The van der Waals surface area contributed by atoms with Gasteiger partial charge in [-0.2, -0.15) is 0 Å². The third kappa shape index (κ3) is 3.79. The zero-order chi connectivity index (χ0) is 10.6. The molecule has 0 fully saturated rings. The van der Waals surface area contributed by atoms with Crippen LogP contribution in [0, 0.1) is 5.92 Å². The normalized spacial score (nSPS) is 17.1. The van der Waals surface area contributed by atoms with E-state index in [-0.39, 0.29) is 0 Å². The minimum atomic E-state index is -0.883. The Morgan fingerprint density at radius 1 is 1.00 bits per heavy atom. The van der Waals surface area contributed by atoms with Gasteiger partial charge in [-0.15, -0.1) is 0 Å². The van der Waals surface area contributed by atoms with Crippen molar-refractivity contribution in [2.24, 2.45) is 5.92 Å². The Bertz CT molecular complexity index is 129. The molecule has 0 saturated carbocycles. The maximum absolute atomic E-state index is 2.44. The highest BCUT2D eigenvalue weighted by Crippen LogP contribution is 2.25. The summed E-state index contributed by atoms with van der Waals surface area (Å²) in [6.45, 7) is 7.07. The second-order valence-corrected chi connectivity index (χ2v) is 8.53. The van der Waals surface area contributed by atoms with Crippen LogP contribution in [0.4, 0.5) is 0 Å². The summed E-state index contributed by atoms with van der Waals surface area (Å²) in [5, 5.41) is 0. The SMILES string of the molecule is CCC(C)C(C)[SiH](N(C)C)N(C)C. The molecule has 0 aromatic rings. The summed E-state index contributed by atoms with van der Waals surface area (Å²) in [7, 11) is 7.99. The quantitative estimate of drug-likeness (QED) is 0.627. The average Bonchev–Trinajstić information content (AvgIpc) is 2.01. The third-order valence-corrected chi connectivity index (χ3v) is 6.78. The fourth-order valence-electron chi connectivity index (χ4n) is 2.07. The highest BCUT2D eigenvalue weighted by molar-refractivity contribution is 6.54. The van der Waals surface area contributed by atoms with E-state index in [1.54, 1.807) is 0 Å². The molecule has 0 radical (unpaired) electrons. The van der Waals surface area contributed by atoms with E-state index in [0.717, 1.165) is 11.5 Å². The van der Waals surface area contributed by atoms with Crippen LogP contribution in [0.5, 0.6) is 0 Å². The summed E-state index contributed by atoms with van der Waals surface area (Å²) < 4.78 is 4.88. The number of hydrogen-bond donors (Lipinski definition) is 0. The van der Waals surface area contributed by atoms with Crippen molar-refractivity contribution in [2.45, 2.75) is 32.7 Å². The van der Waals surface area contributed by atoms with Crippen LogP contribution in [0.25, 0.3) is 0 Å². The first kappa shape index (κ1) is 13.1. The van der Waals surface area contributed by atoms with Gasteiger partial charge >= 0.3 is 0 Å². The Hall–Kier alpha value is 0.137. The first-order valence-electron chi connectivity index (χ1n) is 5.24. The van der Waals surface area contributed by atoms with Crippen molar-refractivity contribution < 1.29 is 0 Å². The van der Waals surface area contributed by atoms with E-state index in [1.165, 1.54) is 6.42 Å². The number of rotatable bonds is 5. The van der Waals surface area contributed by atoms with Gasteiger partial charge in [-0.05, 0) is 39.6 Å². The molecule has 3 heteroatoms. The maximum atomic E-state index is 2.44. The van der Waals surface area contributed by atoms with Gasteiger partial charge in [0.1, 0.15) is 0 Å². The fourth-order valence-corrected chi connectivity index (χ4v) is 5.73. The molecule has 2 nitrogen and oxygen atoms in total. The van der Waals surface area contributed by atoms with Crippen LogP contribution in [0.1, 0.15) is 27.2 Å². The second-order valence-electron chi connectivity index (χ2n) is 4.59. The standard InChI is InChI=1S/C10H26N2Si/c1-8-9(2)10(3)13(11(4)5)12(6)7/h9-10,13H,8H2,1-7H3. The maximum Gasteiger partial charge on any atom is 0.192 e. The molecule has 0 rings (SSSR count). The second kappa shape index (κ2) is 5.78. The fraction of sp³-hybridized carbons (Fsp3) is 1.00. The summed E-state index contributed by atoms with van der Waals surface area (Å²) in [6, 6.07) is 0. The van der Waals surface area contributed by atoms with Crippen molar-refractivity contribution in [3.8, 4) is 0 Å². The molecule has 0 aliphatic carbocycles. The minimum Gasteiger partial charge on any atom is -0.319 e. The Morgan fingerprint density at radius 3 is 1.62 bits per heavy atom. The molecule has 0 spiro atoms. The molecule has 80 valence electrons. The summed E-state index contributed by atoms with van der Waals surface area (Å²) in [5.74, 6) is 0.849. The molecule has 0 N–H and O–H groups in total. The molecule has 0 aliphatic heterocycles. The van der Waals surface area contributed by atoms with Gasteiger partial charge in [-0.1, -0.05) is 27.2 Å². The monoisotopic (exact) mass is 202 g/mol. The van der Waals surface area contributed by atoms with E-state index in [4.69, 9.17) is 0 Å². The van der Waals surface area contributed by atoms with Crippen molar-refractivity contribution in [3.05, 3.63) is 0 Å². The molecule has 0 aromatic heterocycles. The topological polar surface area (TPSA) is 6.48 Å². The predicted molar refractivity (Wildman–Crippen MR) is 63.4 cm³/mol. The molecular formula is C10H26N2Si. The van der Waals surface area contributed by atoms with Crippen LogP contribution < -0.4 is 0 Å². The molecule has 0 saturated heterocycles. The largest absolute Gasteiger partial charge is 0.319 e. The van der Waals surface area contributed by atoms with Gasteiger partial charge < -0.3 is 9.13 Å². The molecule has 0 bridgehead atoms. The Balaban J connectivity index is 4.36. The van der Waals surface area contributed by atoms with Crippen LogP contribution >= 0.6 is 0 Å². The van der Waals surface area contributed by atoms with E-state index in [0.29, 0.717) is 0 Å². The molecule has 0 aliphatic rings. The van der Waals surface area contributed by atoms with Crippen molar-refractivity contribution in [2.75, 3.05) is 28.2 Å². The minimum absolute atomic E-state index is 0.849. The lowest BCUT2D eigenvalue weighted by Crippen LogP contribution is -2.49. The highest BCUT2D eigenvalue weighted by Gasteiger charge is 2.27. The van der Waals surface area contributed by atoms with Gasteiger partial charge in [0.25, 0.3) is 0 Å². The van der Waals surface area contributed by atoms with Crippen LogP contribution in [0.2, 0.25) is 5.54 Å². The molecule has 2 atom stereocenters. The molecule has 0 heterocycles. The third-order valence-electron chi connectivity index (χ3n) is 3.07. The van der Waals surface area contributed by atoms with Gasteiger partial charge in [-0.25, -0.2) is 0 Å². The lowest BCUT2D eigenvalue weighted by atomic mass is 10.1. The molecular weight excluding hydrogens is 176 g/mol. The zero-order valence-electron chi connectivity index (χ0n) is 10.3. The molecule has 0 aromatic carbocycles. The smallest absolute Gasteiger partial charge is 0.192 e. The predicted octanol–water partition coefficient (Wildman–Crippen LogP) is 1.77. The first-order chi connectivity index (χ1) is 5.91. The molecule has 2 unspecified atom stereocenters. The van der Waals surface area contributed by atoms with Crippen LogP contribution in [0.15, 0.2) is 0 Å². The zero-order valence-corrected chi connectivity index (χ0v) is 11.5. The van der Waals surface area contributed by atoms with Crippen molar-refractivity contribution in [3.63, 3.8) is 0 Å². The Labute approximate surface area is 85.7 Å². The van der Waals surface area contributed by atoms with Gasteiger partial charge in [-0.3, -0.25) is 0 Å². The summed E-state index contributed by atoms with van der Waals surface area (Å²) in [4.78, 5) is 0. The molecule has 13 heavy (non-hydrogen) atoms. The number of nitrogens with zero attached hydrogens (tertiary/aromatic N) is 2. The van der Waals surface area contributed by atoms with E-state index in [9.17, 15) is 0 Å². The summed E-state index contributed by atoms with van der Waals surface area (Å²) in [5.41, 5.74) is 0.856. The van der Waals surface area contributed by atoms with Crippen LogP contribution in [-0.2, 0) is 0 Å². The summed E-state index contributed by atoms with van der Waals surface area (Å²) in [6.07, 6.45) is 1.30. The van der Waals surface area contributed by atoms with E-state index in [1.807, 2.05) is 0 Å². The van der Waals surface area contributed by atoms with Crippen molar-refractivity contribution in [1.29, 1.82) is 0 Å². The van der Waals surface area contributed by atoms with Gasteiger partial charge in [0, 0.05) is 0 Å². The van der Waals surface area contributed by atoms with Crippen LogP contribution in [0.3, 0.4) is 0 Å². The molecule has 0 amide bonds. The Kier molecular flexibility index (Phi) is 5.84. The van der Waals surface area contributed by atoms with E-state index in [2.05, 4.69) is 58.1 Å². The van der Waals surface area contributed by atoms with E-state index < -0.39 is 9.12 Å². The van der Waals surface area contributed by atoms with E-state index >= 15 is 0 Å². The Morgan fingerprint density at radius 2 is 1.38 bits per heavy atom. The van der Waals surface area contributed by atoms with Crippen molar-refractivity contribution in [1.82, 2.24) is 9.13 Å². The highest BCUT2D eigenvalue weighted by atomic mass is 28.3.